The summed E-state index contributed by atoms with van der Waals surface area (Å²) in [5.74, 6) is 0. The van der Waals surface area contributed by atoms with E-state index in [0.717, 1.165) is 23.0 Å². The molecule has 0 saturated heterocycles. The first kappa shape index (κ1) is 9.90. The molecular weight excluding hydrogens is 212 g/mol. The molecule has 2 aromatic carbocycles. The van der Waals surface area contributed by atoms with Crippen molar-refractivity contribution in [2.24, 2.45) is 0 Å². The predicted molar refractivity (Wildman–Crippen MR) is 68.2 cm³/mol. The standard InChI is InChI=1S/C14H12N2O/c17-14-15-12-8-4-7-11(13(12)16-14)9-10-5-2-1-3-6-10/h1-8H,9H2,(H2,15,16,17). The molecule has 0 radical (unpaired) electrons. The van der Waals surface area contributed by atoms with Crippen molar-refractivity contribution in [1.82, 2.24) is 9.97 Å². The minimum atomic E-state index is -0.152. The van der Waals surface area contributed by atoms with Gasteiger partial charge in [0.2, 0.25) is 0 Å². The van der Waals surface area contributed by atoms with E-state index in [4.69, 9.17) is 0 Å². The molecule has 1 heterocycles. The van der Waals surface area contributed by atoms with E-state index < -0.39 is 0 Å². The van der Waals surface area contributed by atoms with Crippen LogP contribution in [0.4, 0.5) is 0 Å². The van der Waals surface area contributed by atoms with E-state index in [0.29, 0.717) is 0 Å². The minimum absolute atomic E-state index is 0.152. The van der Waals surface area contributed by atoms with Gasteiger partial charge in [0.25, 0.3) is 0 Å². The Morgan fingerprint density at radius 3 is 2.53 bits per heavy atom. The molecule has 3 heteroatoms. The summed E-state index contributed by atoms with van der Waals surface area (Å²) in [6, 6.07) is 16.1. The lowest BCUT2D eigenvalue weighted by Gasteiger charge is -2.02. The number of aromatic nitrogens is 2. The molecule has 0 aliphatic carbocycles. The van der Waals surface area contributed by atoms with Gasteiger partial charge in [0.15, 0.2) is 0 Å². The Hall–Kier alpha value is -2.29. The molecule has 0 bridgehead atoms. The SMILES string of the molecule is O=c1[nH]c2cccc(Cc3ccccc3)c2[nH]1. The van der Waals surface area contributed by atoms with Crippen LogP contribution in [-0.2, 0) is 6.42 Å². The van der Waals surface area contributed by atoms with Gasteiger partial charge in [0, 0.05) is 0 Å². The molecule has 1 aromatic heterocycles. The van der Waals surface area contributed by atoms with Gasteiger partial charge < -0.3 is 9.97 Å². The Labute approximate surface area is 98.1 Å². The first-order valence-electron chi connectivity index (χ1n) is 5.57. The lowest BCUT2D eigenvalue weighted by molar-refractivity contribution is 1.18. The number of hydrogen-bond donors (Lipinski definition) is 2. The number of H-pyrrole nitrogens is 2. The maximum absolute atomic E-state index is 11.3. The highest BCUT2D eigenvalue weighted by Crippen LogP contribution is 2.16. The predicted octanol–water partition coefficient (Wildman–Crippen LogP) is 2.45. The highest BCUT2D eigenvalue weighted by Gasteiger charge is 2.04. The quantitative estimate of drug-likeness (QED) is 0.690. The zero-order chi connectivity index (χ0) is 11.7. The second-order valence-corrected chi connectivity index (χ2v) is 4.08. The average Bonchev–Trinajstić information content (AvgIpc) is 2.72. The lowest BCUT2D eigenvalue weighted by Crippen LogP contribution is -1.99. The molecule has 3 rings (SSSR count). The van der Waals surface area contributed by atoms with E-state index in [9.17, 15) is 4.79 Å². The highest BCUT2D eigenvalue weighted by atomic mass is 16.1. The van der Waals surface area contributed by atoms with Gasteiger partial charge in [-0.15, -0.1) is 0 Å². The van der Waals surface area contributed by atoms with Gasteiger partial charge in [-0.2, -0.15) is 0 Å². The van der Waals surface area contributed by atoms with E-state index in [1.807, 2.05) is 36.4 Å². The molecule has 17 heavy (non-hydrogen) atoms. The van der Waals surface area contributed by atoms with E-state index >= 15 is 0 Å². The molecule has 2 N–H and O–H groups in total. The Morgan fingerprint density at radius 1 is 0.882 bits per heavy atom. The third-order valence-electron chi connectivity index (χ3n) is 2.87. The second kappa shape index (κ2) is 3.94. The van der Waals surface area contributed by atoms with Crippen LogP contribution in [0.1, 0.15) is 11.1 Å². The molecule has 0 spiro atoms. The van der Waals surface area contributed by atoms with Crippen molar-refractivity contribution in [3.63, 3.8) is 0 Å². The minimum Gasteiger partial charge on any atom is -0.306 e. The van der Waals surface area contributed by atoms with Gasteiger partial charge >= 0.3 is 5.69 Å². The third-order valence-corrected chi connectivity index (χ3v) is 2.87. The summed E-state index contributed by atoms with van der Waals surface area (Å²) in [5.41, 5.74) is 3.99. The topological polar surface area (TPSA) is 48.6 Å². The fourth-order valence-electron chi connectivity index (χ4n) is 2.08. The molecule has 84 valence electrons. The largest absolute Gasteiger partial charge is 0.323 e. The normalized spacial score (nSPS) is 10.8. The van der Waals surface area contributed by atoms with E-state index in [2.05, 4.69) is 22.1 Å². The Kier molecular flexibility index (Phi) is 2.29. The van der Waals surface area contributed by atoms with Gasteiger partial charge in [0.05, 0.1) is 11.0 Å². The van der Waals surface area contributed by atoms with Crippen molar-refractivity contribution in [2.45, 2.75) is 6.42 Å². The second-order valence-electron chi connectivity index (χ2n) is 4.08. The summed E-state index contributed by atoms with van der Waals surface area (Å²) in [5, 5.41) is 0. The molecule has 0 amide bonds. The monoisotopic (exact) mass is 224 g/mol. The van der Waals surface area contributed by atoms with Gasteiger partial charge in [-0.3, -0.25) is 0 Å². The smallest absolute Gasteiger partial charge is 0.306 e. The van der Waals surface area contributed by atoms with Crippen LogP contribution < -0.4 is 5.69 Å². The van der Waals surface area contributed by atoms with E-state index in [-0.39, 0.29) is 5.69 Å². The van der Waals surface area contributed by atoms with Crippen LogP contribution >= 0.6 is 0 Å². The van der Waals surface area contributed by atoms with Crippen molar-refractivity contribution in [1.29, 1.82) is 0 Å². The molecule has 0 saturated carbocycles. The lowest BCUT2D eigenvalue weighted by atomic mass is 10.0. The van der Waals surface area contributed by atoms with Crippen LogP contribution in [0, 0.1) is 0 Å². The highest BCUT2D eigenvalue weighted by molar-refractivity contribution is 5.78. The van der Waals surface area contributed by atoms with Crippen molar-refractivity contribution >= 4 is 11.0 Å². The fourth-order valence-corrected chi connectivity index (χ4v) is 2.08. The Balaban J connectivity index is 2.09. The molecule has 3 nitrogen and oxygen atoms in total. The maximum Gasteiger partial charge on any atom is 0.323 e. The summed E-state index contributed by atoms with van der Waals surface area (Å²) in [7, 11) is 0. The molecular formula is C14H12N2O. The van der Waals surface area contributed by atoms with Gasteiger partial charge in [-0.05, 0) is 23.6 Å². The first-order chi connectivity index (χ1) is 8.33. The number of nitrogens with one attached hydrogen (secondary N) is 2. The van der Waals surface area contributed by atoms with Crippen molar-refractivity contribution < 1.29 is 0 Å². The van der Waals surface area contributed by atoms with E-state index in [1.165, 1.54) is 5.56 Å². The molecule has 0 aliphatic heterocycles. The molecule has 0 fully saturated rings. The van der Waals surface area contributed by atoms with E-state index in [1.54, 1.807) is 0 Å². The summed E-state index contributed by atoms with van der Waals surface area (Å²) in [4.78, 5) is 16.9. The summed E-state index contributed by atoms with van der Waals surface area (Å²) < 4.78 is 0. The van der Waals surface area contributed by atoms with Crippen LogP contribution in [0.3, 0.4) is 0 Å². The van der Waals surface area contributed by atoms with Gasteiger partial charge in [-0.25, -0.2) is 4.79 Å². The number of fused-ring (bicyclic) bond motifs is 1. The zero-order valence-electron chi connectivity index (χ0n) is 9.23. The summed E-state index contributed by atoms with van der Waals surface area (Å²) in [6.07, 6.45) is 0.825. The van der Waals surface area contributed by atoms with Crippen LogP contribution in [0.15, 0.2) is 53.3 Å². The number of aromatic amines is 2. The molecule has 3 aromatic rings. The average molecular weight is 224 g/mol. The Morgan fingerprint density at radius 2 is 1.71 bits per heavy atom. The Bertz CT molecular complexity index is 695. The summed E-state index contributed by atoms with van der Waals surface area (Å²) >= 11 is 0. The van der Waals surface area contributed by atoms with Crippen LogP contribution in [0.2, 0.25) is 0 Å². The van der Waals surface area contributed by atoms with Crippen molar-refractivity contribution in [2.75, 3.05) is 0 Å². The third kappa shape index (κ3) is 1.87. The maximum atomic E-state index is 11.3. The van der Waals surface area contributed by atoms with Crippen molar-refractivity contribution in [3.05, 3.63) is 70.1 Å². The molecule has 0 unspecified atom stereocenters. The van der Waals surface area contributed by atoms with Gasteiger partial charge in [0.1, 0.15) is 0 Å². The zero-order valence-corrected chi connectivity index (χ0v) is 9.23. The number of rotatable bonds is 2. The number of hydrogen-bond acceptors (Lipinski definition) is 1. The van der Waals surface area contributed by atoms with Crippen LogP contribution in [0.5, 0.6) is 0 Å². The number of imidazole rings is 1. The number of para-hydroxylation sites is 1. The van der Waals surface area contributed by atoms with Crippen LogP contribution in [-0.4, -0.2) is 9.97 Å². The fraction of sp³-hybridized carbons (Fsp3) is 0.0714. The first-order valence-corrected chi connectivity index (χ1v) is 5.57. The summed E-state index contributed by atoms with van der Waals surface area (Å²) in [6.45, 7) is 0. The molecule has 0 aliphatic rings. The molecule has 0 atom stereocenters. The van der Waals surface area contributed by atoms with Gasteiger partial charge in [-0.1, -0.05) is 42.5 Å². The van der Waals surface area contributed by atoms with Crippen molar-refractivity contribution in [3.8, 4) is 0 Å². The van der Waals surface area contributed by atoms with Crippen LogP contribution in [0.25, 0.3) is 11.0 Å². The number of benzene rings is 2.